The van der Waals surface area contributed by atoms with Gasteiger partial charge in [0, 0.05) is 36.7 Å². The minimum absolute atomic E-state index is 0.178. The Morgan fingerprint density at radius 2 is 0.667 bits per heavy atom. The Morgan fingerprint density at radius 3 is 0.968 bits per heavy atom. The van der Waals surface area contributed by atoms with E-state index in [1.165, 1.54) is 0 Å². The van der Waals surface area contributed by atoms with Gasteiger partial charge in [0.15, 0.2) is 0 Å². The molecule has 7 aromatic rings. The zero-order chi connectivity index (χ0) is 44.0. The van der Waals surface area contributed by atoms with Gasteiger partial charge in [-0.25, -0.2) is 28.1 Å². The van der Waals surface area contributed by atoms with Crippen molar-refractivity contribution in [3.63, 3.8) is 0 Å². The van der Waals surface area contributed by atoms with Crippen LogP contribution in [0, 0.1) is 0 Å². The Morgan fingerprint density at radius 1 is 0.397 bits per heavy atom. The molecule has 0 bridgehead atoms. The first-order valence-electron chi connectivity index (χ1n) is 19.5. The molecule has 0 aliphatic carbocycles. The highest BCUT2D eigenvalue weighted by Crippen LogP contribution is 2.26. The lowest BCUT2D eigenvalue weighted by Crippen LogP contribution is -2.55. The van der Waals surface area contributed by atoms with Gasteiger partial charge in [0.25, 0.3) is 0 Å². The van der Waals surface area contributed by atoms with Crippen LogP contribution in [-0.2, 0) is 63.7 Å². The third kappa shape index (κ3) is 12.2. The standard InChI is InChI=1S/C45H39N3O9S6/c49-40-46(22-25-52-43(58)55-61-28-34-16-7-13-31-10-1-4-19-37(31)34)41(50)48(24-27-54-45(60)57-63-30-36-18-9-15-33-12-3-6-21-39(33)36)42(51)47(40)23-26-53-44(59)56-62-29-35-17-8-14-32-11-2-5-20-38(32)35/h1-21H,22-30H2. The minimum Gasteiger partial charge on any atom is -0.454 e. The number of hydrogen-bond donors (Lipinski definition) is 0. The van der Waals surface area contributed by atoms with E-state index in [1.807, 2.05) is 127 Å². The van der Waals surface area contributed by atoms with Crippen molar-refractivity contribution in [3.8, 4) is 0 Å². The molecule has 0 amide bonds. The molecule has 18 heteroatoms. The van der Waals surface area contributed by atoms with Crippen molar-refractivity contribution in [3.05, 3.63) is 176 Å². The lowest BCUT2D eigenvalue weighted by atomic mass is 10.1. The number of aromatic nitrogens is 3. The molecule has 7 rings (SSSR count). The van der Waals surface area contributed by atoms with Gasteiger partial charge in [-0.1, -0.05) is 127 Å². The largest absolute Gasteiger partial charge is 0.454 e. The highest BCUT2D eigenvalue weighted by Gasteiger charge is 2.18. The number of thiocarbonyl (C=S) groups is 3. The van der Waals surface area contributed by atoms with Crippen molar-refractivity contribution in [2.75, 3.05) is 19.8 Å². The maximum Gasteiger partial charge on any atom is 0.364 e. The van der Waals surface area contributed by atoms with Gasteiger partial charge in [-0.05, 0) is 49.0 Å². The molecule has 12 nitrogen and oxygen atoms in total. The fourth-order valence-corrected chi connectivity index (χ4v) is 9.10. The maximum atomic E-state index is 13.7. The predicted octanol–water partition coefficient (Wildman–Crippen LogP) is 9.13. The van der Waals surface area contributed by atoms with E-state index in [0.29, 0.717) is 17.3 Å². The number of hydrogen-bond acceptors (Lipinski definition) is 15. The van der Waals surface area contributed by atoms with Crippen molar-refractivity contribution < 1.29 is 26.8 Å². The summed E-state index contributed by atoms with van der Waals surface area (Å²) >= 11 is 19.1. The van der Waals surface area contributed by atoms with Gasteiger partial charge < -0.3 is 26.8 Å². The van der Waals surface area contributed by atoms with Crippen LogP contribution < -0.4 is 17.1 Å². The Labute approximate surface area is 391 Å². The van der Waals surface area contributed by atoms with Gasteiger partial charge in [0.05, 0.1) is 73.0 Å². The molecule has 6 aromatic carbocycles. The summed E-state index contributed by atoms with van der Waals surface area (Å²) in [6.07, 6.45) is 0. The molecule has 0 saturated heterocycles. The molecule has 0 saturated carbocycles. The van der Waals surface area contributed by atoms with Gasteiger partial charge in [-0.2, -0.15) is 0 Å². The Bertz CT molecular complexity index is 2580. The predicted molar refractivity (Wildman–Crippen MR) is 264 cm³/mol. The van der Waals surface area contributed by atoms with Crippen LogP contribution in [0.3, 0.4) is 0 Å². The Balaban J connectivity index is 0.952. The number of ether oxygens (including phenoxy) is 3. The van der Waals surface area contributed by atoms with E-state index in [4.69, 9.17) is 63.4 Å². The first-order chi connectivity index (χ1) is 30.8. The summed E-state index contributed by atoms with van der Waals surface area (Å²) in [5.41, 5.74) is 0.527. The van der Waals surface area contributed by atoms with Crippen molar-refractivity contribution >= 4 is 121 Å². The lowest BCUT2D eigenvalue weighted by Gasteiger charge is -2.15. The van der Waals surface area contributed by atoms with Crippen LogP contribution in [0.25, 0.3) is 32.3 Å². The number of nitrogens with zero attached hydrogens (tertiary/aromatic N) is 3. The van der Waals surface area contributed by atoms with Crippen LogP contribution in [0.4, 0.5) is 0 Å². The van der Waals surface area contributed by atoms with Crippen LogP contribution in [-0.4, -0.2) is 49.2 Å². The third-order valence-corrected chi connectivity index (χ3v) is 12.7. The maximum absolute atomic E-state index is 13.7. The quantitative estimate of drug-likeness (QED) is 0.0600. The van der Waals surface area contributed by atoms with Crippen molar-refractivity contribution in [1.29, 1.82) is 0 Å². The van der Waals surface area contributed by atoms with Gasteiger partial charge >= 0.3 is 32.8 Å². The molecule has 324 valence electrons. The topological polar surface area (TPSA) is 121 Å². The fourth-order valence-electron chi connectivity index (χ4n) is 6.67. The van der Waals surface area contributed by atoms with Crippen LogP contribution in [0.1, 0.15) is 16.7 Å². The zero-order valence-electron chi connectivity index (χ0n) is 33.5. The molecule has 1 heterocycles. The van der Waals surface area contributed by atoms with E-state index in [-0.39, 0.29) is 55.2 Å². The van der Waals surface area contributed by atoms with E-state index >= 15 is 0 Å². The summed E-state index contributed by atoms with van der Waals surface area (Å²) in [6.45, 7) is -1.37. The van der Waals surface area contributed by atoms with E-state index in [0.717, 1.165) is 98.8 Å². The second kappa shape index (κ2) is 22.8. The highest BCUT2D eigenvalue weighted by atomic mass is 32.2. The molecule has 0 N–H and O–H groups in total. The van der Waals surface area contributed by atoms with Crippen LogP contribution in [0.15, 0.2) is 142 Å². The Kier molecular flexibility index (Phi) is 16.5. The summed E-state index contributed by atoms with van der Waals surface area (Å²) < 4.78 is 36.1. The SMILES string of the molecule is O=c1n(CCOC(=S)OSCc2cccc3ccccc23)c(=O)n(CCOC(=S)OSCc2cccc3ccccc23)c(=O)n1CCOC(=S)OSCc1cccc2ccccc12. The van der Waals surface area contributed by atoms with Crippen molar-refractivity contribution in [1.82, 2.24) is 13.7 Å². The highest BCUT2D eigenvalue weighted by molar-refractivity contribution is 7.95. The molecule has 0 spiro atoms. The number of benzene rings is 6. The number of rotatable bonds is 18. The van der Waals surface area contributed by atoms with Gasteiger partial charge in [-0.15, -0.1) is 0 Å². The van der Waals surface area contributed by atoms with Crippen molar-refractivity contribution in [2.24, 2.45) is 0 Å². The summed E-state index contributed by atoms with van der Waals surface area (Å²) in [5.74, 6) is 1.50. The molecule has 0 unspecified atom stereocenters. The average Bonchev–Trinajstić information content (AvgIpc) is 3.30. The van der Waals surface area contributed by atoms with Gasteiger partial charge in [-0.3, -0.25) is 0 Å². The minimum atomic E-state index is -0.882. The molecule has 0 aliphatic heterocycles. The molecular weight excluding hydrogens is 919 g/mol. The van der Waals surface area contributed by atoms with Gasteiger partial charge in [0.2, 0.25) is 0 Å². The van der Waals surface area contributed by atoms with E-state index in [1.54, 1.807) is 0 Å². The molecule has 0 aliphatic rings. The normalized spacial score (nSPS) is 11.0. The summed E-state index contributed by atoms with van der Waals surface area (Å²) in [5, 5.41) is 6.08. The van der Waals surface area contributed by atoms with Crippen LogP contribution >= 0.6 is 72.8 Å². The first-order valence-corrected chi connectivity index (χ1v) is 23.5. The average molecular weight is 958 g/mol. The summed E-state index contributed by atoms with van der Waals surface area (Å²) in [6, 6.07) is 42.1. The lowest BCUT2D eigenvalue weighted by molar-refractivity contribution is 0.218. The summed E-state index contributed by atoms with van der Waals surface area (Å²) in [7, 11) is 0. The molecular formula is C45H39N3O9S6. The van der Waals surface area contributed by atoms with Crippen LogP contribution in [0.5, 0.6) is 0 Å². The smallest absolute Gasteiger partial charge is 0.364 e. The molecule has 0 atom stereocenters. The van der Waals surface area contributed by atoms with E-state index in [9.17, 15) is 14.4 Å². The van der Waals surface area contributed by atoms with E-state index in [2.05, 4.69) is 0 Å². The second-order valence-electron chi connectivity index (χ2n) is 13.5. The van der Waals surface area contributed by atoms with Gasteiger partial charge in [0.1, 0.15) is 19.8 Å². The van der Waals surface area contributed by atoms with E-state index < -0.39 is 17.1 Å². The van der Waals surface area contributed by atoms with Crippen LogP contribution in [0.2, 0.25) is 0 Å². The third-order valence-electron chi connectivity index (χ3n) is 9.65. The number of fused-ring (bicyclic) bond motifs is 3. The summed E-state index contributed by atoms with van der Waals surface area (Å²) in [4.78, 5) is 41.0. The molecule has 1 aromatic heterocycles. The Hall–Kier alpha value is -5.37. The molecule has 0 fully saturated rings. The fraction of sp³-hybridized carbons (Fsp3) is 0.200. The molecule has 63 heavy (non-hydrogen) atoms. The van der Waals surface area contributed by atoms with Crippen molar-refractivity contribution in [2.45, 2.75) is 36.9 Å². The zero-order valence-corrected chi connectivity index (χ0v) is 38.4. The molecule has 0 radical (unpaired) electrons. The first kappa shape index (κ1) is 45.6. The second-order valence-corrected chi connectivity index (χ2v) is 16.6. The monoisotopic (exact) mass is 957 g/mol.